The average Bonchev–Trinajstić information content (AvgIpc) is 2.63. The van der Waals surface area contributed by atoms with Crippen LogP contribution in [0.25, 0.3) is 0 Å². The molecule has 0 spiro atoms. The highest BCUT2D eigenvalue weighted by molar-refractivity contribution is 7.10. The van der Waals surface area contributed by atoms with Crippen LogP contribution >= 0.6 is 11.3 Å². The molecule has 0 bridgehead atoms. The summed E-state index contributed by atoms with van der Waals surface area (Å²) < 4.78 is 0. The van der Waals surface area contributed by atoms with E-state index in [1.165, 1.54) is 36.1 Å². The summed E-state index contributed by atoms with van der Waals surface area (Å²) in [6.07, 6.45) is 4.76. The van der Waals surface area contributed by atoms with Gasteiger partial charge in [-0.15, -0.1) is 11.3 Å². The molecule has 0 saturated heterocycles. The van der Waals surface area contributed by atoms with Crippen LogP contribution < -0.4 is 0 Å². The van der Waals surface area contributed by atoms with Crippen molar-refractivity contribution in [3.63, 3.8) is 0 Å². The van der Waals surface area contributed by atoms with Gasteiger partial charge >= 0.3 is 0 Å². The van der Waals surface area contributed by atoms with Crippen molar-refractivity contribution in [3.05, 3.63) is 21.9 Å². The van der Waals surface area contributed by atoms with Gasteiger partial charge in [0.25, 0.3) is 0 Å². The van der Waals surface area contributed by atoms with Crippen molar-refractivity contribution in [1.29, 1.82) is 0 Å². The Hall–Kier alpha value is -0.340. The van der Waals surface area contributed by atoms with Crippen LogP contribution in [0.2, 0.25) is 0 Å². The van der Waals surface area contributed by atoms with Crippen LogP contribution in [-0.2, 0) is 0 Å². The number of rotatable bonds is 2. The monoisotopic (exact) mass is 238 g/mol. The summed E-state index contributed by atoms with van der Waals surface area (Å²) in [4.78, 5) is 1.18. The lowest BCUT2D eigenvalue weighted by atomic mass is 9.66. The largest absolute Gasteiger partial charge is 0.387 e. The first-order chi connectivity index (χ1) is 7.52. The zero-order valence-electron chi connectivity index (χ0n) is 10.5. The first-order valence-corrected chi connectivity index (χ1v) is 7.12. The summed E-state index contributed by atoms with van der Waals surface area (Å²) in [6, 6.07) is 2.11. The molecule has 1 aliphatic rings. The molecule has 1 nitrogen and oxygen atoms in total. The van der Waals surface area contributed by atoms with Crippen molar-refractivity contribution >= 4 is 11.3 Å². The van der Waals surface area contributed by atoms with Crippen LogP contribution in [-0.4, -0.2) is 5.11 Å². The minimum atomic E-state index is -0.254. The van der Waals surface area contributed by atoms with Crippen molar-refractivity contribution < 1.29 is 5.11 Å². The number of hydrogen-bond donors (Lipinski definition) is 1. The van der Waals surface area contributed by atoms with E-state index in [0.717, 1.165) is 0 Å². The van der Waals surface area contributed by atoms with Crippen LogP contribution in [0.3, 0.4) is 0 Å². The molecule has 1 heterocycles. The Morgan fingerprint density at radius 3 is 2.75 bits per heavy atom. The van der Waals surface area contributed by atoms with Crippen LogP contribution in [0, 0.1) is 18.3 Å². The predicted molar refractivity (Wildman–Crippen MR) is 69.8 cm³/mol. The lowest BCUT2D eigenvalue weighted by Crippen LogP contribution is -2.32. The van der Waals surface area contributed by atoms with Crippen molar-refractivity contribution in [2.45, 2.75) is 52.6 Å². The lowest BCUT2D eigenvalue weighted by Gasteiger charge is -2.41. The van der Waals surface area contributed by atoms with Gasteiger partial charge in [-0.2, -0.15) is 0 Å². The van der Waals surface area contributed by atoms with Gasteiger partial charge in [0, 0.05) is 4.88 Å². The Labute approximate surface area is 103 Å². The van der Waals surface area contributed by atoms with E-state index in [1.807, 2.05) is 0 Å². The van der Waals surface area contributed by atoms with Crippen molar-refractivity contribution in [2.75, 3.05) is 0 Å². The Morgan fingerprint density at radius 1 is 1.44 bits per heavy atom. The molecule has 2 rings (SSSR count). The predicted octanol–water partition coefficient (Wildman–Crippen LogP) is 4.31. The van der Waals surface area contributed by atoms with Gasteiger partial charge in [0.2, 0.25) is 0 Å². The van der Waals surface area contributed by atoms with Gasteiger partial charge in [-0.05, 0) is 48.1 Å². The molecule has 1 saturated carbocycles. The third-order valence-corrected chi connectivity index (χ3v) is 5.23. The van der Waals surface area contributed by atoms with Crippen LogP contribution in [0.15, 0.2) is 11.4 Å². The normalized spacial score (nSPS) is 26.6. The average molecular weight is 238 g/mol. The van der Waals surface area contributed by atoms with E-state index >= 15 is 0 Å². The quantitative estimate of drug-likeness (QED) is 0.814. The number of hydrogen-bond acceptors (Lipinski definition) is 2. The van der Waals surface area contributed by atoms with Crippen LogP contribution in [0.1, 0.15) is 56.1 Å². The molecule has 16 heavy (non-hydrogen) atoms. The van der Waals surface area contributed by atoms with Gasteiger partial charge in [0.05, 0.1) is 6.10 Å². The molecular weight excluding hydrogens is 216 g/mol. The van der Waals surface area contributed by atoms with Crippen molar-refractivity contribution in [3.8, 4) is 0 Å². The highest BCUT2D eigenvalue weighted by Gasteiger charge is 2.38. The minimum Gasteiger partial charge on any atom is -0.387 e. The van der Waals surface area contributed by atoms with E-state index in [9.17, 15) is 5.11 Å². The molecule has 0 aliphatic heterocycles. The summed E-state index contributed by atoms with van der Waals surface area (Å²) in [5.41, 5.74) is 1.53. The van der Waals surface area contributed by atoms with E-state index in [2.05, 4.69) is 32.2 Å². The van der Waals surface area contributed by atoms with Crippen molar-refractivity contribution in [1.82, 2.24) is 0 Å². The SMILES string of the molecule is Cc1ccsc1C(O)C1CCCCC1(C)C. The zero-order chi connectivity index (χ0) is 11.8. The Kier molecular flexibility index (Phi) is 3.41. The van der Waals surface area contributed by atoms with Gasteiger partial charge < -0.3 is 5.11 Å². The molecule has 0 radical (unpaired) electrons. The molecule has 1 N–H and O–H groups in total. The highest BCUT2D eigenvalue weighted by Crippen LogP contribution is 2.47. The van der Waals surface area contributed by atoms with Crippen LogP contribution in [0.5, 0.6) is 0 Å². The standard InChI is InChI=1S/C14H22OS/c1-10-7-9-16-13(10)12(15)11-6-4-5-8-14(11,2)3/h7,9,11-12,15H,4-6,8H2,1-3H3. The molecule has 0 aromatic carbocycles. The summed E-state index contributed by atoms with van der Waals surface area (Å²) in [5, 5.41) is 12.6. The fourth-order valence-corrected chi connectivity index (χ4v) is 3.95. The third kappa shape index (κ3) is 2.18. The minimum absolute atomic E-state index is 0.254. The summed E-state index contributed by atoms with van der Waals surface area (Å²) in [6.45, 7) is 6.72. The molecule has 90 valence electrons. The van der Waals surface area contributed by atoms with E-state index in [0.29, 0.717) is 5.92 Å². The highest BCUT2D eigenvalue weighted by atomic mass is 32.1. The molecule has 1 aliphatic carbocycles. The fourth-order valence-electron chi connectivity index (χ4n) is 2.98. The second-order valence-corrected chi connectivity index (χ2v) is 6.70. The summed E-state index contributed by atoms with van der Waals surface area (Å²) in [5.74, 6) is 0.429. The topological polar surface area (TPSA) is 20.2 Å². The third-order valence-electron chi connectivity index (χ3n) is 4.14. The summed E-state index contributed by atoms with van der Waals surface area (Å²) >= 11 is 1.70. The second-order valence-electron chi connectivity index (χ2n) is 5.75. The lowest BCUT2D eigenvalue weighted by molar-refractivity contribution is 0.00560. The first kappa shape index (κ1) is 12.1. The smallest absolute Gasteiger partial charge is 0.0917 e. The Morgan fingerprint density at radius 2 is 2.19 bits per heavy atom. The molecular formula is C14H22OS. The van der Waals surface area contributed by atoms with Crippen molar-refractivity contribution in [2.24, 2.45) is 11.3 Å². The van der Waals surface area contributed by atoms with E-state index in [-0.39, 0.29) is 11.5 Å². The molecule has 1 fully saturated rings. The number of aryl methyl sites for hydroxylation is 1. The fraction of sp³-hybridized carbons (Fsp3) is 0.714. The van der Waals surface area contributed by atoms with E-state index < -0.39 is 0 Å². The van der Waals surface area contributed by atoms with Gasteiger partial charge in [-0.1, -0.05) is 26.7 Å². The molecule has 2 atom stereocenters. The summed E-state index contributed by atoms with van der Waals surface area (Å²) in [7, 11) is 0. The van der Waals surface area contributed by atoms with Gasteiger partial charge in [0.1, 0.15) is 0 Å². The molecule has 2 heteroatoms. The molecule has 0 amide bonds. The number of thiophene rings is 1. The maximum absolute atomic E-state index is 10.6. The zero-order valence-corrected chi connectivity index (χ0v) is 11.3. The van der Waals surface area contributed by atoms with Gasteiger partial charge in [-0.3, -0.25) is 0 Å². The molecule has 2 unspecified atom stereocenters. The maximum atomic E-state index is 10.6. The number of aliphatic hydroxyl groups excluding tert-OH is 1. The Bertz CT molecular complexity index is 353. The van der Waals surface area contributed by atoms with Gasteiger partial charge in [-0.25, -0.2) is 0 Å². The van der Waals surface area contributed by atoms with Gasteiger partial charge in [0.15, 0.2) is 0 Å². The van der Waals surface area contributed by atoms with E-state index in [4.69, 9.17) is 0 Å². The van der Waals surface area contributed by atoms with Crippen LogP contribution in [0.4, 0.5) is 0 Å². The molecule has 1 aromatic heterocycles. The van der Waals surface area contributed by atoms with E-state index in [1.54, 1.807) is 11.3 Å². The second kappa shape index (κ2) is 4.50. The maximum Gasteiger partial charge on any atom is 0.0917 e. The Balaban J connectivity index is 2.20. The molecule has 1 aromatic rings. The number of aliphatic hydroxyl groups is 1. The first-order valence-electron chi connectivity index (χ1n) is 6.24.